The van der Waals surface area contributed by atoms with Crippen molar-refractivity contribution < 1.29 is 27.2 Å². The van der Waals surface area contributed by atoms with Crippen molar-refractivity contribution in [1.82, 2.24) is 4.98 Å². The molecule has 0 saturated heterocycles. The van der Waals surface area contributed by atoms with E-state index in [4.69, 9.17) is 22.6 Å². The molecule has 0 aliphatic rings. The Bertz CT molecular complexity index is 472. The molecule has 92 valence electrons. The lowest BCUT2D eigenvalue weighted by atomic mass is 10.4. The summed E-state index contributed by atoms with van der Waals surface area (Å²) in [5.74, 6) is 0. The number of nitrogens with one attached hydrogen (secondary N) is 1. The van der Waals surface area contributed by atoms with E-state index in [0.29, 0.717) is 6.54 Å². The molecule has 0 amide bonds. The van der Waals surface area contributed by atoms with Crippen molar-refractivity contribution in [3.8, 4) is 0 Å². The second-order valence-electron chi connectivity index (χ2n) is 2.73. The fraction of sp³-hybridized carbons (Fsp3) is 0.429. The number of nitrogens with zero attached hydrogens (tertiary/aromatic N) is 1. The van der Waals surface area contributed by atoms with Gasteiger partial charge in [0.15, 0.2) is 0 Å². The van der Waals surface area contributed by atoms with E-state index in [9.17, 15) is 4.79 Å². The summed E-state index contributed by atoms with van der Waals surface area (Å²) in [6.07, 6.45) is 1.59. The molecule has 0 atom stereocenters. The summed E-state index contributed by atoms with van der Waals surface area (Å²) in [6, 6.07) is 1.79. The first-order chi connectivity index (χ1) is 7.25. The highest BCUT2D eigenvalue weighted by Gasteiger charge is 2.05. The van der Waals surface area contributed by atoms with Gasteiger partial charge < -0.3 is 9.66 Å². The average molecular weight is 252 g/mol. The molecule has 3 N–H and O–H groups in total. The molecule has 9 heteroatoms. The number of hydrogen-bond acceptors (Lipinski definition) is 5. The Morgan fingerprint density at radius 1 is 1.56 bits per heavy atom. The molecule has 1 aromatic rings. The van der Waals surface area contributed by atoms with Gasteiger partial charge in [-0.25, -0.2) is 13.4 Å². The summed E-state index contributed by atoms with van der Waals surface area (Å²) in [7, 11) is -4.92. The van der Waals surface area contributed by atoms with Crippen molar-refractivity contribution in [2.75, 3.05) is 6.61 Å². The first-order valence-electron chi connectivity index (χ1n) is 4.13. The van der Waals surface area contributed by atoms with Crippen molar-refractivity contribution in [2.24, 2.45) is 0 Å². The van der Waals surface area contributed by atoms with E-state index in [1.54, 1.807) is 12.3 Å². The van der Waals surface area contributed by atoms with E-state index in [2.05, 4.69) is 4.98 Å². The lowest BCUT2D eigenvalue weighted by molar-refractivity contribution is -0.720. The van der Waals surface area contributed by atoms with E-state index < -0.39 is 10.4 Å². The van der Waals surface area contributed by atoms with Crippen LogP contribution in [0.2, 0.25) is 0 Å². The van der Waals surface area contributed by atoms with Crippen molar-refractivity contribution in [3.63, 3.8) is 0 Å². The minimum atomic E-state index is -4.92. The Morgan fingerprint density at radius 2 is 2.06 bits per heavy atom. The van der Waals surface area contributed by atoms with E-state index in [1.807, 2.05) is 6.92 Å². The normalized spacial score (nSPS) is 10.5. The molecule has 1 rings (SSSR count). The Morgan fingerprint density at radius 3 is 2.44 bits per heavy atom. The van der Waals surface area contributed by atoms with Crippen LogP contribution in [0.15, 0.2) is 17.1 Å². The SMILES string of the molecule is Cc1cc[nH]c(=O)[n+]1CCO.O=S(=O)([O-])O. The van der Waals surface area contributed by atoms with Crippen LogP contribution in [0.25, 0.3) is 0 Å². The quantitative estimate of drug-likeness (QED) is 0.315. The van der Waals surface area contributed by atoms with Crippen LogP contribution in [0.3, 0.4) is 0 Å². The third kappa shape index (κ3) is 7.06. The van der Waals surface area contributed by atoms with Crippen LogP contribution in [0.1, 0.15) is 5.69 Å². The lowest BCUT2D eigenvalue weighted by Crippen LogP contribution is -2.54. The molecule has 0 saturated carbocycles. The molecule has 1 heterocycles. The van der Waals surface area contributed by atoms with E-state index >= 15 is 0 Å². The largest absolute Gasteiger partial charge is 0.726 e. The fourth-order valence-electron chi connectivity index (χ4n) is 0.940. The highest BCUT2D eigenvalue weighted by atomic mass is 32.3. The van der Waals surface area contributed by atoms with Gasteiger partial charge in [-0.05, 0) is 6.92 Å². The molecule has 0 unspecified atom stereocenters. The van der Waals surface area contributed by atoms with Crippen LogP contribution in [0.5, 0.6) is 0 Å². The van der Waals surface area contributed by atoms with Gasteiger partial charge in [0, 0.05) is 6.07 Å². The maximum atomic E-state index is 11.0. The molecule has 0 spiro atoms. The summed E-state index contributed by atoms with van der Waals surface area (Å²) >= 11 is 0. The van der Waals surface area contributed by atoms with Gasteiger partial charge in [0.25, 0.3) is 0 Å². The number of aliphatic hydroxyl groups is 1. The number of aromatic amines is 1. The molecule has 0 aliphatic heterocycles. The zero-order valence-corrected chi connectivity index (χ0v) is 9.27. The number of aromatic nitrogens is 2. The Hall–Kier alpha value is -1.29. The van der Waals surface area contributed by atoms with Crippen LogP contribution in [-0.2, 0) is 16.9 Å². The van der Waals surface area contributed by atoms with Gasteiger partial charge in [-0.15, -0.1) is 0 Å². The van der Waals surface area contributed by atoms with Gasteiger partial charge in [-0.3, -0.25) is 4.55 Å². The third-order valence-electron chi connectivity index (χ3n) is 1.53. The summed E-state index contributed by atoms with van der Waals surface area (Å²) in [4.78, 5) is 13.5. The zero-order valence-electron chi connectivity index (χ0n) is 8.45. The minimum absolute atomic E-state index is 0.0153. The smallest absolute Gasteiger partial charge is 0.495 e. The van der Waals surface area contributed by atoms with Gasteiger partial charge in [0.2, 0.25) is 10.4 Å². The van der Waals surface area contributed by atoms with Crippen LogP contribution in [0, 0.1) is 6.92 Å². The van der Waals surface area contributed by atoms with Crippen molar-refractivity contribution >= 4 is 10.4 Å². The number of H-pyrrole nitrogens is 1. The van der Waals surface area contributed by atoms with Crippen LogP contribution in [-0.4, -0.2) is 34.2 Å². The third-order valence-corrected chi connectivity index (χ3v) is 1.53. The Balaban J connectivity index is 0.000000385. The van der Waals surface area contributed by atoms with Crippen LogP contribution in [0.4, 0.5) is 0 Å². The van der Waals surface area contributed by atoms with Gasteiger partial charge in [0.05, 0.1) is 12.8 Å². The van der Waals surface area contributed by atoms with Gasteiger partial charge in [0.1, 0.15) is 12.2 Å². The second-order valence-corrected chi connectivity index (χ2v) is 3.58. The van der Waals surface area contributed by atoms with E-state index in [-0.39, 0.29) is 12.3 Å². The second kappa shape index (κ2) is 6.33. The molecule has 16 heavy (non-hydrogen) atoms. The molecule has 0 bridgehead atoms. The molecule has 0 aliphatic carbocycles. The van der Waals surface area contributed by atoms with E-state index in [1.165, 1.54) is 4.57 Å². The van der Waals surface area contributed by atoms with Crippen LogP contribution >= 0.6 is 0 Å². The first kappa shape index (κ1) is 14.7. The summed E-state index contributed by atoms with van der Waals surface area (Å²) < 4.78 is 34.3. The summed E-state index contributed by atoms with van der Waals surface area (Å²) in [5, 5.41) is 8.59. The molecular weight excluding hydrogens is 240 g/mol. The number of aryl methyl sites for hydroxylation is 1. The highest BCUT2D eigenvalue weighted by molar-refractivity contribution is 7.79. The highest BCUT2D eigenvalue weighted by Crippen LogP contribution is 1.79. The minimum Gasteiger partial charge on any atom is -0.726 e. The van der Waals surface area contributed by atoms with Crippen molar-refractivity contribution in [2.45, 2.75) is 13.5 Å². The topological polar surface area (TPSA) is 134 Å². The van der Waals surface area contributed by atoms with E-state index in [0.717, 1.165) is 5.69 Å². The first-order valence-corrected chi connectivity index (χ1v) is 5.49. The molecule has 8 nitrogen and oxygen atoms in total. The molecule has 1 aromatic heterocycles. The maximum absolute atomic E-state index is 11.0. The lowest BCUT2D eigenvalue weighted by Gasteiger charge is -1.97. The predicted molar refractivity (Wildman–Crippen MR) is 51.4 cm³/mol. The molecule has 0 aromatic carbocycles. The summed E-state index contributed by atoms with van der Waals surface area (Å²) in [5.41, 5.74) is 0.668. The summed E-state index contributed by atoms with van der Waals surface area (Å²) in [6.45, 7) is 2.16. The van der Waals surface area contributed by atoms with Crippen molar-refractivity contribution in [3.05, 3.63) is 28.4 Å². The fourth-order valence-corrected chi connectivity index (χ4v) is 0.940. The van der Waals surface area contributed by atoms with Crippen LogP contribution < -0.4 is 10.3 Å². The van der Waals surface area contributed by atoms with Gasteiger partial charge in [-0.2, -0.15) is 9.36 Å². The zero-order chi connectivity index (χ0) is 12.8. The van der Waals surface area contributed by atoms with Gasteiger partial charge in [-0.1, -0.05) is 0 Å². The van der Waals surface area contributed by atoms with Crippen molar-refractivity contribution in [1.29, 1.82) is 0 Å². The Kier molecular flexibility index (Phi) is 5.82. The number of rotatable bonds is 2. The maximum Gasteiger partial charge on any atom is 0.495 e. The van der Waals surface area contributed by atoms with Gasteiger partial charge >= 0.3 is 5.69 Å². The molecule has 0 radical (unpaired) electrons. The Labute approximate surface area is 91.8 Å². The molecule has 0 fully saturated rings. The number of aliphatic hydroxyl groups excluding tert-OH is 1. The number of hydrogen-bond donors (Lipinski definition) is 3. The predicted octanol–water partition coefficient (Wildman–Crippen LogP) is -2.03. The standard InChI is InChI=1S/C7H10N2O2.H2O4S/c1-6-2-3-8-7(11)9(6)4-5-10;1-5(2,3)4/h2-3,10H,4-5H2,1H3;(H2,1,2,3,4). The average Bonchev–Trinajstić information content (AvgIpc) is 2.09. The monoisotopic (exact) mass is 252 g/mol. The molecular formula is C7H12N2O6S.